The quantitative estimate of drug-likeness (QED) is 0.274. The minimum Gasteiger partial charge on any atom is -0.462 e. The Balaban J connectivity index is 0.00000301. The Morgan fingerprint density at radius 1 is 0.667 bits per heavy atom. The zero-order chi connectivity index (χ0) is 31.9. The molecule has 0 atom stereocenters. The number of ether oxygens (including phenoxy) is 2. The summed E-state index contributed by atoms with van der Waals surface area (Å²) in [5, 5.41) is 0. The number of piperidine rings is 2. The summed E-state index contributed by atoms with van der Waals surface area (Å²) in [6, 6.07) is 10.1. The van der Waals surface area contributed by atoms with E-state index in [1.165, 1.54) is 0 Å². The molecule has 2 saturated heterocycles. The van der Waals surface area contributed by atoms with E-state index in [1.807, 2.05) is 44.2 Å². The average molecular weight is 585 g/mol. The summed E-state index contributed by atoms with van der Waals surface area (Å²) in [4.78, 5) is 30.7. The minimum absolute atomic E-state index is 0.0381. The van der Waals surface area contributed by atoms with E-state index in [-0.39, 0.29) is 46.3 Å². The van der Waals surface area contributed by atoms with Gasteiger partial charge in [0.1, 0.15) is 12.2 Å². The van der Waals surface area contributed by atoms with E-state index in [4.69, 9.17) is 9.47 Å². The van der Waals surface area contributed by atoms with Gasteiger partial charge in [0, 0.05) is 60.7 Å². The highest BCUT2D eigenvalue weighted by Gasteiger charge is 2.45. The lowest BCUT2D eigenvalue weighted by atomic mass is 9.79. The molecule has 1 aromatic carbocycles. The van der Waals surface area contributed by atoms with Crippen LogP contribution in [0.4, 0.5) is 0 Å². The second-order valence-electron chi connectivity index (χ2n) is 14.6. The molecule has 0 saturated carbocycles. The van der Waals surface area contributed by atoms with Crippen LogP contribution in [0.5, 0.6) is 0 Å². The fourth-order valence-electron chi connectivity index (χ4n) is 6.80. The molecule has 2 aliphatic heterocycles. The topological polar surface area (TPSA) is 59.1 Å². The molecule has 0 bridgehead atoms. The summed E-state index contributed by atoms with van der Waals surface area (Å²) in [7, 11) is 4.30. The lowest BCUT2D eigenvalue weighted by Gasteiger charge is -2.53. The van der Waals surface area contributed by atoms with Crippen molar-refractivity contribution in [1.82, 2.24) is 9.80 Å². The van der Waals surface area contributed by atoms with Gasteiger partial charge in [0.25, 0.3) is 0 Å². The zero-order valence-electron chi connectivity index (χ0n) is 28.8. The van der Waals surface area contributed by atoms with Crippen LogP contribution in [0.15, 0.2) is 35.9 Å². The minimum atomic E-state index is -0.168. The lowest BCUT2D eigenvalue weighted by molar-refractivity contribution is -0.159. The van der Waals surface area contributed by atoms with Crippen LogP contribution in [0.25, 0.3) is 6.08 Å². The first-order chi connectivity index (χ1) is 19.4. The number of carbonyl (C=O) groups excluding carboxylic acids is 2. The Morgan fingerprint density at radius 2 is 1.00 bits per heavy atom. The van der Waals surface area contributed by atoms with Gasteiger partial charge in [-0.15, -0.1) is 0 Å². The highest BCUT2D eigenvalue weighted by Crippen LogP contribution is 2.39. The Morgan fingerprint density at radius 3 is 1.33 bits per heavy atom. The number of esters is 2. The molecule has 1 aromatic rings. The third-order valence-electron chi connectivity index (χ3n) is 9.61. The van der Waals surface area contributed by atoms with Crippen LogP contribution in [0, 0.1) is 0 Å². The predicted molar refractivity (Wildman–Crippen MR) is 174 cm³/mol. The van der Waals surface area contributed by atoms with Crippen LogP contribution in [0.3, 0.4) is 0 Å². The average Bonchev–Trinajstić information content (AvgIpc) is 2.88. The van der Waals surface area contributed by atoms with Gasteiger partial charge in [0.15, 0.2) is 0 Å². The van der Waals surface area contributed by atoms with Gasteiger partial charge >= 0.3 is 11.9 Å². The fraction of sp³-hybridized carbons (Fsp3) is 0.722. The Kier molecular flexibility index (Phi) is 12.5. The molecule has 6 nitrogen and oxygen atoms in total. The van der Waals surface area contributed by atoms with Crippen molar-refractivity contribution in [2.75, 3.05) is 14.1 Å². The monoisotopic (exact) mass is 584 g/mol. The molecule has 42 heavy (non-hydrogen) atoms. The molecule has 0 aliphatic carbocycles. The largest absolute Gasteiger partial charge is 0.462 e. The van der Waals surface area contributed by atoms with E-state index in [1.54, 1.807) is 0 Å². The molecular formula is C36H60N2O4. The van der Waals surface area contributed by atoms with Crippen molar-refractivity contribution in [2.24, 2.45) is 0 Å². The molecule has 0 unspecified atom stereocenters. The molecule has 0 spiro atoms. The molecule has 0 aromatic heterocycles. The van der Waals surface area contributed by atoms with E-state index >= 15 is 0 Å². The third-order valence-corrected chi connectivity index (χ3v) is 9.61. The molecule has 0 N–H and O–H groups in total. The highest BCUT2D eigenvalue weighted by atomic mass is 16.5. The molecule has 6 heteroatoms. The Bertz CT molecular complexity index is 959. The van der Waals surface area contributed by atoms with E-state index in [0.717, 1.165) is 36.8 Å². The maximum Gasteiger partial charge on any atom is 0.306 e. The van der Waals surface area contributed by atoms with Gasteiger partial charge in [-0.25, -0.2) is 0 Å². The molecule has 3 rings (SSSR count). The van der Waals surface area contributed by atoms with Crippen LogP contribution < -0.4 is 0 Å². The van der Waals surface area contributed by atoms with Crippen molar-refractivity contribution >= 4 is 18.0 Å². The normalized spacial score (nSPS) is 21.9. The lowest BCUT2D eigenvalue weighted by Crippen LogP contribution is -2.60. The summed E-state index contributed by atoms with van der Waals surface area (Å²) in [6.07, 6.45) is 6.94. The van der Waals surface area contributed by atoms with E-state index < -0.39 is 0 Å². The first kappa shape index (κ1) is 36.0. The second kappa shape index (κ2) is 14.5. The molecule has 2 heterocycles. The summed E-state index contributed by atoms with van der Waals surface area (Å²) in [5.74, 6) is -0.336. The Labute approximate surface area is 257 Å². The van der Waals surface area contributed by atoms with Gasteiger partial charge < -0.3 is 9.47 Å². The van der Waals surface area contributed by atoms with Gasteiger partial charge in [0.05, 0.1) is 0 Å². The Hall–Kier alpha value is -2.18. The SMILES string of the molecule is CC.CN1C(C)(C)CC(OC(=O)CCC(=Cc2ccccc2)CCC(=O)OC2CC(C)(C)N(C)C(C)(C)C2)CC1(C)C. The van der Waals surface area contributed by atoms with Gasteiger partial charge in [-0.3, -0.25) is 19.4 Å². The fourth-order valence-corrected chi connectivity index (χ4v) is 6.80. The molecule has 2 fully saturated rings. The zero-order valence-corrected chi connectivity index (χ0v) is 28.8. The van der Waals surface area contributed by atoms with Crippen molar-refractivity contribution in [2.45, 2.75) is 155 Å². The highest BCUT2D eigenvalue weighted by molar-refractivity contribution is 5.72. The predicted octanol–water partition coefficient (Wildman–Crippen LogP) is 8.05. The maximum atomic E-state index is 13.0. The molecular weight excluding hydrogens is 524 g/mol. The van der Waals surface area contributed by atoms with Crippen LogP contribution in [0.2, 0.25) is 0 Å². The molecule has 0 amide bonds. The van der Waals surface area contributed by atoms with Crippen molar-refractivity contribution in [1.29, 1.82) is 0 Å². The molecule has 238 valence electrons. The number of likely N-dealkylation sites (tertiary alicyclic amines) is 2. The van der Waals surface area contributed by atoms with Gasteiger partial charge in [-0.2, -0.15) is 0 Å². The van der Waals surface area contributed by atoms with Crippen molar-refractivity contribution < 1.29 is 19.1 Å². The summed E-state index contributed by atoms with van der Waals surface area (Å²) in [6.45, 7) is 21.7. The van der Waals surface area contributed by atoms with Gasteiger partial charge in [-0.1, -0.05) is 55.8 Å². The van der Waals surface area contributed by atoms with Crippen LogP contribution in [-0.4, -0.2) is 70.2 Å². The number of carbonyl (C=O) groups is 2. The number of rotatable bonds is 9. The first-order valence-electron chi connectivity index (χ1n) is 16.0. The van der Waals surface area contributed by atoms with Gasteiger partial charge in [0.2, 0.25) is 0 Å². The van der Waals surface area contributed by atoms with Crippen LogP contribution in [0.1, 0.15) is 126 Å². The van der Waals surface area contributed by atoms with E-state index in [0.29, 0.717) is 25.7 Å². The second-order valence-corrected chi connectivity index (χ2v) is 14.6. The summed E-state index contributed by atoms with van der Waals surface area (Å²) < 4.78 is 12.0. The standard InChI is InChI=1S/C34H54N2O4.C2H6/c1-31(2)21-27(22-32(3,4)35(31)9)39-29(37)18-16-26(20-25-14-12-11-13-15-25)17-19-30(38)40-28-23-33(5,6)36(10)34(7,8)24-28;1-2/h11-15,20,27-28H,16-19,21-24H2,1-10H3;1-2H3. The van der Waals surface area contributed by atoms with Gasteiger partial charge in [-0.05, 0) is 87.9 Å². The third kappa shape index (κ3) is 9.94. The number of hydrogen-bond acceptors (Lipinski definition) is 6. The molecule has 2 aliphatic rings. The number of benzene rings is 1. The van der Waals surface area contributed by atoms with Crippen molar-refractivity contribution in [3.63, 3.8) is 0 Å². The first-order valence-corrected chi connectivity index (χ1v) is 16.0. The van der Waals surface area contributed by atoms with Crippen molar-refractivity contribution in [3.05, 3.63) is 41.5 Å². The van der Waals surface area contributed by atoms with Crippen LogP contribution >= 0.6 is 0 Å². The number of allylic oxidation sites excluding steroid dienone is 1. The molecule has 0 radical (unpaired) electrons. The number of nitrogens with zero attached hydrogens (tertiary/aromatic N) is 2. The summed E-state index contributed by atoms with van der Waals surface area (Å²) >= 11 is 0. The number of hydrogen-bond donors (Lipinski definition) is 0. The smallest absolute Gasteiger partial charge is 0.306 e. The summed E-state index contributed by atoms with van der Waals surface area (Å²) in [5.41, 5.74) is 1.98. The van der Waals surface area contributed by atoms with Crippen molar-refractivity contribution in [3.8, 4) is 0 Å². The van der Waals surface area contributed by atoms with Crippen LogP contribution in [-0.2, 0) is 19.1 Å². The maximum absolute atomic E-state index is 13.0. The van der Waals surface area contributed by atoms with E-state index in [2.05, 4.69) is 85.4 Å². The van der Waals surface area contributed by atoms with E-state index in [9.17, 15) is 9.59 Å².